The average Bonchev–Trinajstić information content (AvgIpc) is 2.41. The fraction of sp³-hybridized carbons (Fsp3) is 0.500. The van der Waals surface area contributed by atoms with E-state index < -0.39 is 0 Å². The number of anilines is 1. The molecule has 1 aromatic rings. The molecule has 0 radical (unpaired) electrons. The predicted octanol–water partition coefficient (Wildman–Crippen LogP) is 1.31. The summed E-state index contributed by atoms with van der Waals surface area (Å²) >= 11 is 0. The first-order chi connectivity index (χ1) is 9.10. The largest absolute Gasteiger partial charge is 0.496 e. The summed E-state index contributed by atoms with van der Waals surface area (Å²) in [5.74, 6) is 0.341. The van der Waals surface area contributed by atoms with Gasteiger partial charge in [-0.1, -0.05) is 0 Å². The second-order valence-electron chi connectivity index (χ2n) is 4.94. The Morgan fingerprint density at radius 1 is 1.37 bits per heavy atom. The Bertz CT molecular complexity index is 454. The van der Waals surface area contributed by atoms with Crippen molar-refractivity contribution in [2.24, 2.45) is 0 Å². The average molecular weight is 264 g/mol. The van der Waals surface area contributed by atoms with E-state index in [-0.39, 0.29) is 18.1 Å². The predicted molar refractivity (Wildman–Crippen MR) is 73.1 cm³/mol. The minimum Gasteiger partial charge on any atom is -0.496 e. The van der Waals surface area contributed by atoms with Crippen LogP contribution in [0, 0.1) is 0 Å². The van der Waals surface area contributed by atoms with Crippen molar-refractivity contribution in [3.63, 3.8) is 0 Å². The van der Waals surface area contributed by atoms with Crippen LogP contribution in [-0.4, -0.2) is 30.3 Å². The number of hydrogen-bond donors (Lipinski definition) is 3. The van der Waals surface area contributed by atoms with Gasteiger partial charge in [0, 0.05) is 11.7 Å². The molecule has 0 bridgehead atoms. The highest BCUT2D eigenvalue weighted by Crippen LogP contribution is 2.23. The molecule has 1 saturated carbocycles. The van der Waals surface area contributed by atoms with Crippen molar-refractivity contribution in [3.05, 3.63) is 23.8 Å². The molecule has 5 heteroatoms. The van der Waals surface area contributed by atoms with Crippen LogP contribution in [-0.2, 0) is 0 Å². The minimum absolute atomic E-state index is 0.113. The number of aliphatic hydroxyl groups is 1. The van der Waals surface area contributed by atoms with E-state index in [1.54, 1.807) is 18.2 Å². The monoisotopic (exact) mass is 264 g/mol. The summed E-state index contributed by atoms with van der Waals surface area (Å²) in [6.07, 6.45) is 2.85. The molecule has 0 spiro atoms. The molecule has 0 aliphatic heterocycles. The zero-order valence-electron chi connectivity index (χ0n) is 11.1. The topological polar surface area (TPSA) is 84.6 Å². The fourth-order valence-corrected chi connectivity index (χ4v) is 2.39. The van der Waals surface area contributed by atoms with Gasteiger partial charge in [-0.2, -0.15) is 0 Å². The quantitative estimate of drug-likeness (QED) is 0.719. The molecular formula is C14H20N2O3. The van der Waals surface area contributed by atoms with E-state index in [0.29, 0.717) is 17.0 Å². The molecule has 4 N–H and O–H groups in total. The third kappa shape index (κ3) is 3.38. The maximum absolute atomic E-state index is 12.2. The summed E-state index contributed by atoms with van der Waals surface area (Å²) < 4.78 is 5.17. The highest BCUT2D eigenvalue weighted by atomic mass is 16.5. The van der Waals surface area contributed by atoms with Gasteiger partial charge in [0.2, 0.25) is 0 Å². The van der Waals surface area contributed by atoms with Crippen LogP contribution in [0.15, 0.2) is 18.2 Å². The normalized spacial score (nSPS) is 22.8. The van der Waals surface area contributed by atoms with E-state index in [0.717, 1.165) is 25.7 Å². The van der Waals surface area contributed by atoms with Crippen LogP contribution in [0.5, 0.6) is 5.75 Å². The van der Waals surface area contributed by atoms with Gasteiger partial charge in [-0.05, 0) is 43.9 Å². The van der Waals surface area contributed by atoms with Crippen molar-refractivity contribution < 1.29 is 14.6 Å². The van der Waals surface area contributed by atoms with Crippen LogP contribution in [0.3, 0.4) is 0 Å². The highest BCUT2D eigenvalue weighted by molar-refractivity contribution is 5.98. The molecule has 0 aromatic heterocycles. The van der Waals surface area contributed by atoms with Crippen LogP contribution in [0.1, 0.15) is 36.0 Å². The third-order valence-electron chi connectivity index (χ3n) is 3.50. The van der Waals surface area contributed by atoms with Gasteiger partial charge < -0.3 is 20.9 Å². The SMILES string of the molecule is COc1ccc(N)cc1C(=O)NC1CCC(O)CC1. The molecule has 104 valence electrons. The van der Waals surface area contributed by atoms with Gasteiger partial charge in [0.15, 0.2) is 0 Å². The molecular weight excluding hydrogens is 244 g/mol. The van der Waals surface area contributed by atoms with Crippen LogP contribution < -0.4 is 15.8 Å². The van der Waals surface area contributed by atoms with Crippen LogP contribution in [0.4, 0.5) is 5.69 Å². The van der Waals surface area contributed by atoms with Crippen molar-refractivity contribution in [3.8, 4) is 5.75 Å². The summed E-state index contributed by atoms with van der Waals surface area (Å²) in [5, 5.41) is 12.4. The van der Waals surface area contributed by atoms with E-state index in [1.807, 2.05) is 0 Å². The smallest absolute Gasteiger partial charge is 0.255 e. The number of nitrogens with two attached hydrogens (primary N) is 1. The molecule has 0 heterocycles. The number of hydrogen-bond acceptors (Lipinski definition) is 4. The van der Waals surface area contributed by atoms with Crippen LogP contribution in [0.2, 0.25) is 0 Å². The number of nitrogens with one attached hydrogen (secondary N) is 1. The molecule has 0 atom stereocenters. The van der Waals surface area contributed by atoms with Gasteiger partial charge in [-0.25, -0.2) is 0 Å². The number of methoxy groups -OCH3 is 1. The summed E-state index contributed by atoms with van der Waals surface area (Å²) in [7, 11) is 1.53. The van der Waals surface area contributed by atoms with Gasteiger partial charge >= 0.3 is 0 Å². The van der Waals surface area contributed by atoms with Gasteiger partial charge in [0.1, 0.15) is 5.75 Å². The lowest BCUT2D eigenvalue weighted by Crippen LogP contribution is -2.38. The Morgan fingerprint density at radius 2 is 2.05 bits per heavy atom. The number of nitrogen functional groups attached to an aromatic ring is 1. The summed E-state index contributed by atoms with van der Waals surface area (Å²) in [6, 6.07) is 5.12. The Kier molecular flexibility index (Phi) is 4.27. The molecule has 1 fully saturated rings. The number of ether oxygens (including phenoxy) is 1. The standard InChI is InChI=1S/C14H20N2O3/c1-19-13-7-2-9(15)8-12(13)14(18)16-10-3-5-11(17)6-4-10/h2,7-8,10-11,17H,3-6,15H2,1H3,(H,16,18). The maximum atomic E-state index is 12.2. The summed E-state index contributed by atoms with van der Waals surface area (Å²) in [6.45, 7) is 0. The molecule has 0 saturated heterocycles. The first-order valence-electron chi connectivity index (χ1n) is 6.52. The Hall–Kier alpha value is -1.75. The molecule has 19 heavy (non-hydrogen) atoms. The second-order valence-corrected chi connectivity index (χ2v) is 4.94. The Balaban J connectivity index is 2.05. The van der Waals surface area contributed by atoms with Gasteiger partial charge in [-0.3, -0.25) is 4.79 Å². The first-order valence-corrected chi connectivity index (χ1v) is 6.52. The van der Waals surface area contributed by atoms with Gasteiger partial charge in [-0.15, -0.1) is 0 Å². The molecule has 5 nitrogen and oxygen atoms in total. The molecule has 1 aliphatic rings. The van der Waals surface area contributed by atoms with Crippen molar-refractivity contribution in [2.45, 2.75) is 37.8 Å². The first kappa shape index (κ1) is 13.7. The van der Waals surface area contributed by atoms with Gasteiger partial charge in [0.05, 0.1) is 18.8 Å². The lowest BCUT2D eigenvalue weighted by atomic mass is 9.93. The van der Waals surface area contributed by atoms with E-state index in [4.69, 9.17) is 10.5 Å². The van der Waals surface area contributed by atoms with Crippen LogP contribution >= 0.6 is 0 Å². The molecule has 1 amide bonds. The second kappa shape index (κ2) is 5.93. The summed E-state index contributed by atoms with van der Waals surface area (Å²) in [5.41, 5.74) is 6.69. The Morgan fingerprint density at radius 3 is 2.68 bits per heavy atom. The number of carbonyl (C=O) groups excluding carboxylic acids is 1. The number of carbonyl (C=O) groups is 1. The summed E-state index contributed by atoms with van der Waals surface area (Å²) in [4.78, 5) is 12.2. The van der Waals surface area contributed by atoms with Gasteiger partial charge in [0.25, 0.3) is 5.91 Å². The third-order valence-corrected chi connectivity index (χ3v) is 3.50. The number of aliphatic hydroxyl groups excluding tert-OH is 1. The van der Waals surface area contributed by atoms with E-state index in [2.05, 4.69) is 5.32 Å². The van der Waals surface area contributed by atoms with Crippen LogP contribution in [0.25, 0.3) is 0 Å². The van der Waals surface area contributed by atoms with Crippen molar-refractivity contribution in [1.82, 2.24) is 5.32 Å². The molecule has 2 rings (SSSR count). The molecule has 0 unspecified atom stereocenters. The van der Waals surface area contributed by atoms with Crippen molar-refractivity contribution in [2.75, 3.05) is 12.8 Å². The van der Waals surface area contributed by atoms with Crippen molar-refractivity contribution >= 4 is 11.6 Å². The van der Waals surface area contributed by atoms with E-state index in [1.165, 1.54) is 7.11 Å². The number of rotatable bonds is 3. The minimum atomic E-state index is -0.227. The number of benzene rings is 1. The molecule has 1 aromatic carbocycles. The highest BCUT2D eigenvalue weighted by Gasteiger charge is 2.22. The number of amides is 1. The van der Waals surface area contributed by atoms with Crippen molar-refractivity contribution in [1.29, 1.82) is 0 Å². The van der Waals surface area contributed by atoms with E-state index in [9.17, 15) is 9.90 Å². The van der Waals surface area contributed by atoms with E-state index >= 15 is 0 Å². The zero-order valence-corrected chi connectivity index (χ0v) is 11.1. The lowest BCUT2D eigenvalue weighted by molar-refractivity contribution is 0.0865. The maximum Gasteiger partial charge on any atom is 0.255 e. The zero-order chi connectivity index (χ0) is 13.8. The Labute approximate surface area is 112 Å². The molecule has 1 aliphatic carbocycles. The fourth-order valence-electron chi connectivity index (χ4n) is 2.39. The lowest BCUT2D eigenvalue weighted by Gasteiger charge is -2.26.